The highest BCUT2D eigenvalue weighted by atomic mass is 16.9. The fourth-order valence-electron chi connectivity index (χ4n) is 4.43. The summed E-state index contributed by atoms with van der Waals surface area (Å²) in [7, 11) is 0. The van der Waals surface area contributed by atoms with Gasteiger partial charge in [0.2, 0.25) is 0 Å². The van der Waals surface area contributed by atoms with E-state index in [1.165, 1.54) is 70.6 Å². The maximum atomic E-state index is 6.16. The predicted octanol–water partition coefficient (Wildman–Crippen LogP) is 7.26. The van der Waals surface area contributed by atoms with Crippen LogP contribution in [-0.4, -0.2) is 51.7 Å². The van der Waals surface area contributed by atoms with Crippen molar-refractivity contribution in [3.63, 3.8) is 0 Å². The molecule has 1 rings (SSSR count). The van der Waals surface area contributed by atoms with E-state index in [4.69, 9.17) is 23.7 Å². The Morgan fingerprint density at radius 2 is 1.16 bits per heavy atom. The van der Waals surface area contributed by atoms with Gasteiger partial charge in [-0.1, -0.05) is 77.6 Å². The van der Waals surface area contributed by atoms with Crippen LogP contribution in [0.3, 0.4) is 0 Å². The van der Waals surface area contributed by atoms with Crippen LogP contribution in [0.4, 0.5) is 0 Å². The molecule has 0 aromatic rings. The number of epoxide rings is 1. The van der Waals surface area contributed by atoms with Crippen LogP contribution >= 0.6 is 0 Å². The monoisotopic (exact) mass is 458 g/mol. The molecule has 1 fully saturated rings. The molecule has 0 aromatic carbocycles. The smallest absolute Gasteiger partial charge is 0.285 e. The summed E-state index contributed by atoms with van der Waals surface area (Å²) in [6, 6.07) is 0. The Morgan fingerprint density at radius 3 is 1.62 bits per heavy atom. The second-order valence-electron chi connectivity index (χ2n) is 9.10. The second kappa shape index (κ2) is 20.2. The Bertz CT molecular complexity index is 382. The third-order valence-corrected chi connectivity index (χ3v) is 6.24. The Hall–Kier alpha value is -0.200. The first-order chi connectivity index (χ1) is 15.7. The van der Waals surface area contributed by atoms with E-state index in [-0.39, 0.29) is 0 Å². The van der Waals surface area contributed by atoms with Crippen LogP contribution in [0, 0.1) is 5.92 Å². The van der Waals surface area contributed by atoms with Gasteiger partial charge >= 0.3 is 0 Å². The van der Waals surface area contributed by atoms with Gasteiger partial charge in [-0.3, -0.25) is 0 Å². The highest BCUT2D eigenvalue weighted by molar-refractivity contribution is 4.73. The summed E-state index contributed by atoms with van der Waals surface area (Å²) >= 11 is 0. The lowest BCUT2D eigenvalue weighted by Crippen LogP contribution is -2.46. The van der Waals surface area contributed by atoms with Gasteiger partial charge in [0.1, 0.15) is 6.10 Å². The molecule has 192 valence electrons. The molecular formula is C27H54O5. The quantitative estimate of drug-likeness (QED) is 0.0818. The molecule has 1 heterocycles. The number of hydrogen-bond donors (Lipinski definition) is 0. The SMILES string of the molecule is CCCCCCCCC(CCCCCCCCOCC1CO1)C(OCC)(OCC)OCC. The Kier molecular flexibility index (Phi) is 18.8. The van der Waals surface area contributed by atoms with Gasteiger partial charge < -0.3 is 23.7 Å². The van der Waals surface area contributed by atoms with E-state index < -0.39 is 5.97 Å². The van der Waals surface area contributed by atoms with E-state index in [1.54, 1.807) is 0 Å². The minimum atomic E-state index is -0.871. The van der Waals surface area contributed by atoms with Crippen LogP contribution < -0.4 is 0 Å². The van der Waals surface area contributed by atoms with Crippen LogP contribution in [0.1, 0.15) is 118 Å². The standard InChI is InChI=1S/C27H54O5/c1-5-9-10-11-14-17-20-25(27(30-6-2,31-7-3)32-8-4)21-18-15-12-13-16-19-22-28-23-26-24-29-26/h25-26H,5-24H2,1-4H3. The second-order valence-corrected chi connectivity index (χ2v) is 9.10. The topological polar surface area (TPSA) is 49.5 Å². The summed E-state index contributed by atoms with van der Waals surface area (Å²) in [6.07, 6.45) is 18.0. The fraction of sp³-hybridized carbons (Fsp3) is 1.00. The molecule has 0 bridgehead atoms. The summed E-state index contributed by atoms with van der Waals surface area (Å²) in [5.41, 5.74) is 0. The molecular weight excluding hydrogens is 404 g/mol. The van der Waals surface area contributed by atoms with Crippen molar-refractivity contribution in [3.8, 4) is 0 Å². The molecule has 0 amide bonds. The molecule has 1 saturated heterocycles. The first kappa shape index (κ1) is 29.8. The van der Waals surface area contributed by atoms with Gasteiger partial charge in [0, 0.05) is 32.3 Å². The Balaban J connectivity index is 2.35. The van der Waals surface area contributed by atoms with Crippen LogP contribution in [-0.2, 0) is 23.7 Å². The minimum Gasteiger partial charge on any atom is -0.379 e. The van der Waals surface area contributed by atoms with E-state index in [1.807, 2.05) is 20.8 Å². The van der Waals surface area contributed by atoms with Crippen molar-refractivity contribution >= 4 is 0 Å². The van der Waals surface area contributed by atoms with E-state index in [0.717, 1.165) is 39.1 Å². The average molecular weight is 459 g/mol. The zero-order valence-electron chi connectivity index (χ0n) is 21.8. The van der Waals surface area contributed by atoms with Gasteiger partial charge in [0.05, 0.1) is 13.2 Å². The maximum Gasteiger partial charge on any atom is 0.285 e. The molecule has 0 aromatic heterocycles. The fourth-order valence-corrected chi connectivity index (χ4v) is 4.43. The molecule has 2 atom stereocenters. The van der Waals surface area contributed by atoms with Gasteiger partial charge in [-0.25, -0.2) is 0 Å². The largest absolute Gasteiger partial charge is 0.379 e. The van der Waals surface area contributed by atoms with E-state index in [2.05, 4.69) is 6.92 Å². The Labute approximate surface area is 199 Å². The third-order valence-electron chi connectivity index (χ3n) is 6.24. The summed E-state index contributed by atoms with van der Waals surface area (Å²) in [5, 5.41) is 0. The van der Waals surface area contributed by atoms with Gasteiger partial charge in [-0.2, -0.15) is 0 Å². The lowest BCUT2D eigenvalue weighted by Gasteiger charge is -2.39. The predicted molar refractivity (Wildman–Crippen MR) is 132 cm³/mol. The first-order valence-corrected chi connectivity index (χ1v) is 13.8. The lowest BCUT2D eigenvalue weighted by molar-refractivity contribution is -0.403. The number of rotatable bonds is 25. The van der Waals surface area contributed by atoms with E-state index in [9.17, 15) is 0 Å². The molecule has 32 heavy (non-hydrogen) atoms. The van der Waals surface area contributed by atoms with Crippen LogP contribution in [0.15, 0.2) is 0 Å². The first-order valence-electron chi connectivity index (χ1n) is 13.8. The van der Waals surface area contributed by atoms with Crippen LogP contribution in [0.25, 0.3) is 0 Å². The van der Waals surface area contributed by atoms with E-state index in [0.29, 0.717) is 31.8 Å². The summed E-state index contributed by atoms with van der Waals surface area (Å²) < 4.78 is 29.3. The maximum absolute atomic E-state index is 6.16. The summed E-state index contributed by atoms with van der Waals surface area (Å²) in [5.74, 6) is -0.573. The zero-order chi connectivity index (χ0) is 23.3. The van der Waals surface area contributed by atoms with Crippen molar-refractivity contribution in [3.05, 3.63) is 0 Å². The molecule has 0 N–H and O–H groups in total. The van der Waals surface area contributed by atoms with E-state index >= 15 is 0 Å². The van der Waals surface area contributed by atoms with Crippen molar-refractivity contribution in [1.29, 1.82) is 0 Å². The van der Waals surface area contributed by atoms with Gasteiger partial charge in [0.25, 0.3) is 5.97 Å². The van der Waals surface area contributed by atoms with Crippen molar-refractivity contribution in [1.82, 2.24) is 0 Å². The molecule has 1 aliphatic rings. The Morgan fingerprint density at radius 1 is 0.688 bits per heavy atom. The zero-order valence-corrected chi connectivity index (χ0v) is 21.8. The molecule has 5 heteroatoms. The molecule has 0 saturated carbocycles. The highest BCUT2D eigenvalue weighted by Gasteiger charge is 2.41. The third kappa shape index (κ3) is 14.1. The van der Waals surface area contributed by atoms with Crippen molar-refractivity contribution in [2.75, 3.05) is 39.6 Å². The lowest BCUT2D eigenvalue weighted by atomic mass is 9.91. The molecule has 0 spiro atoms. The van der Waals surface area contributed by atoms with Crippen molar-refractivity contribution in [2.24, 2.45) is 5.92 Å². The summed E-state index contributed by atoms with van der Waals surface area (Å²) in [4.78, 5) is 0. The molecule has 1 aliphatic heterocycles. The number of unbranched alkanes of at least 4 members (excludes halogenated alkanes) is 10. The number of hydrogen-bond acceptors (Lipinski definition) is 5. The van der Waals surface area contributed by atoms with Gasteiger partial charge in [-0.05, 0) is 40.0 Å². The van der Waals surface area contributed by atoms with Gasteiger partial charge in [0.15, 0.2) is 0 Å². The highest BCUT2D eigenvalue weighted by Crippen LogP contribution is 2.34. The molecule has 0 radical (unpaired) electrons. The van der Waals surface area contributed by atoms with Crippen LogP contribution in [0.5, 0.6) is 0 Å². The number of ether oxygens (including phenoxy) is 5. The van der Waals surface area contributed by atoms with Crippen molar-refractivity contribution < 1.29 is 23.7 Å². The van der Waals surface area contributed by atoms with Gasteiger partial charge in [-0.15, -0.1) is 0 Å². The molecule has 5 nitrogen and oxygen atoms in total. The molecule has 0 aliphatic carbocycles. The average Bonchev–Trinajstić information content (AvgIpc) is 3.60. The van der Waals surface area contributed by atoms with Crippen LogP contribution in [0.2, 0.25) is 0 Å². The van der Waals surface area contributed by atoms with Crippen molar-refractivity contribution in [2.45, 2.75) is 130 Å². The summed E-state index contributed by atoms with van der Waals surface area (Å²) in [6.45, 7) is 12.8. The normalized spacial score (nSPS) is 17.1. The molecule has 2 unspecified atom stereocenters. The minimum absolute atomic E-state index is 0.298.